The highest BCUT2D eigenvalue weighted by Gasteiger charge is 2.20. The molecule has 0 bridgehead atoms. The van der Waals surface area contributed by atoms with Crippen molar-refractivity contribution >= 4 is 0 Å². The minimum atomic E-state index is -0.148. The van der Waals surface area contributed by atoms with Gasteiger partial charge in [0.15, 0.2) is 0 Å². The molecule has 2 aromatic rings. The Labute approximate surface area is 118 Å². The van der Waals surface area contributed by atoms with Gasteiger partial charge in [-0.15, -0.1) is 0 Å². The Balaban J connectivity index is 1.86. The first-order chi connectivity index (χ1) is 9.76. The number of rotatable bonds is 5. The maximum Gasteiger partial charge on any atom is 0.127 e. The van der Waals surface area contributed by atoms with Gasteiger partial charge < -0.3 is 10.1 Å². The summed E-state index contributed by atoms with van der Waals surface area (Å²) in [5, 5.41) is 3.35. The smallest absolute Gasteiger partial charge is 0.127 e. The van der Waals surface area contributed by atoms with Crippen molar-refractivity contribution in [3.63, 3.8) is 0 Å². The summed E-state index contributed by atoms with van der Waals surface area (Å²) in [5.41, 5.74) is 2.77. The van der Waals surface area contributed by atoms with E-state index in [9.17, 15) is 4.39 Å². The van der Waals surface area contributed by atoms with E-state index in [2.05, 4.69) is 5.32 Å². The number of hydrogen-bond acceptors (Lipinski definition) is 2. The second-order valence-electron chi connectivity index (χ2n) is 5.19. The van der Waals surface area contributed by atoms with E-state index in [1.807, 2.05) is 36.4 Å². The number of methoxy groups -OCH3 is 1. The molecule has 0 aromatic heterocycles. The molecule has 3 heteroatoms. The number of hydrogen-bond donors (Lipinski definition) is 1. The summed E-state index contributed by atoms with van der Waals surface area (Å²) in [6.45, 7) is 0.592. The van der Waals surface area contributed by atoms with Crippen molar-refractivity contribution in [2.24, 2.45) is 0 Å². The largest absolute Gasteiger partial charge is 0.497 e. The zero-order chi connectivity index (χ0) is 13.9. The summed E-state index contributed by atoms with van der Waals surface area (Å²) >= 11 is 0. The van der Waals surface area contributed by atoms with Crippen molar-refractivity contribution < 1.29 is 9.13 Å². The molecule has 0 spiro atoms. The second-order valence-corrected chi connectivity index (χ2v) is 5.19. The van der Waals surface area contributed by atoms with Crippen LogP contribution >= 0.6 is 0 Å². The van der Waals surface area contributed by atoms with Gasteiger partial charge in [0.25, 0.3) is 0 Å². The predicted molar refractivity (Wildman–Crippen MR) is 78.2 cm³/mol. The van der Waals surface area contributed by atoms with Crippen molar-refractivity contribution in [1.82, 2.24) is 5.32 Å². The molecule has 0 aliphatic heterocycles. The van der Waals surface area contributed by atoms with Gasteiger partial charge in [-0.1, -0.05) is 18.2 Å². The maximum atomic E-state index is 13.8. The first kappa shape index (κ1) is 13.1. The Hall–Kier alpha value is -1.87. The first-order valence-electron chi connectivity index (χ1n) is 6.92. The van der Waals surface area contributed by atoms with Crippen molar-refractivity contribution in [2.45, 2.75) is 25.4 Å². The normalized spacial score (nSPS) is 14.3. The SMILES string of the molecule is COc1cccc(-c2ccc(F)c(CNC3CC3)c2)c1. The molecule has 1 N–H and O–H groups in total. The summed E-state index contributed by atoms with van der Waals surface area (Å²) < 4.78 is 19.1. The van der Waals surface area contributed by atoms with Crippen LogP contribution in [-0.4, -0.2) is 13.2 Å². The van der Waals surface area contributed by atoms with E-state index in [1.54, 1.807) is 13.2 Å². The molecule has 1 aliphatic rings. The molecule has 0 atom stereocenters. The lowest BCUT2D eigenvalue weighted by atomic mass is 10.0. The summed E-state index contributed by atoms with van der Waals surface area (Å²) in [6.07, 6.45) is 2.41. The Kier molecular flexibility index (Phi) is 3.70. The molecule has 1 saturated carbocycles. The highest BCUT2D eigenvalue weighted by molar-refractivity contribution is 5.65. The van der Waals surface area contributed by atoms with Crippen LogP contribution < -0.4 is 10.1 Å². The molecule has 0 amide bonds. The number of halogens is 1. The van der Waals surface area contributed by atoms with Gasteiger partial charge in [-0.05, 0) is 48.2 Å². The molecular formula is C17H18FNO. The fourth-order valence-electron chi connectivity index (χ4n) is 2.23. The van der Waals surface area contributed by atoms with Crippen molar-refractivity contribution in [3.05, 3.63) is 53.8 Å². The van der Waals surface area contributed by atoms with E-state index in [1.165, 1.54) is 12.8 Å². The fourth-order valence-corrected chi connectivity index (χ4v) is 2.23. The van der Waals surface area contributed by atoms with Crippen LogP contribution in [0.5, 0.6) is 5.75 Å². The van der Waals surface area contributed by atoms with Crippen LogP contribution in [0.4, 0.5) is 4.39 Å². The van der Waals surface area contributed by atoms with Crippen LogP contribution in [0.3, 0.4) is 0 Å². The molecule has 0 unspecified atom stereocenters. The van der Waals surface area contributed by atoms with Crippen molar-refractivity contribution in [1.29, 1.82) is 0 Å². The summed E-state index contributed by atoms with van der Waals surface area (Å²) in [7, 11) is 1.65. The van der Waals surface area contributed by atoms with Crippen LogP contribution in [0, 0.1) is 5.82 Å². The van der Waals surface area contributed by atoms with Gasteiger partial charge in [0.2, 0.25) is 0 Å². The molecule has 0 radical (unpaired) electrons. The number of ether oxygens (including phenoxy) is 1. The third-order valence-electron chi connectivity index (χ3n) is 3.61. The monoisotopic (exact) mass is 271 g/mol. The Morgan fingerprint density at radius 2 is 1.95 bits per heavy atom. The Morgan fingerprint density at radius 3 is 2.70 bits per heavy atom. The van der Waals surface area contributed by atoms with E-state index in [4.69, 9.17) is 4.74 Å². The van der Waals surface area contributed by atoms with E-state index in [-0.39, 0.29) is 5.82 Å². The third-order valence-corrected chi connectivity index (χ3v) is 3.61. The molecule has 2 nitrogen and oxygen atoms in total. The maximum absolute atomic E-state index is 13.8. The number of benzene rings is 2. The Bertz CT molecular complexity index is 608. The van der Waals surface area contributed by atoms with Crippen LogP contribution in [0.15, 0.2) is 42.5 Å². The lowest BCUT2D eigenvalue weighted by molar-refractivity contribution is 0.415. The zero-order valence-corrected chi connectivity index (χ0v) is 11.5. The minimum absolute atomic E-state index is 0.148. The summed E-state index contributed by atoms with van der Waals surface area (Å²) in [5.74, 6) is 0.661. The average molecular weight is 271 g/mol. The summed E-state index contributed by atoms with van der Waals surface area (Å²) in [6, 6.07) is 13.7. The van der Waals surface area contributed by atoms with Crippen molar-refractivity contribution in [2.75, 3.05) is 7.11 Å². The number of nitrogens with one attached hydrogen (secondary N) is 1. The van der Waals surface area contributed by atoms with Gasteiger partial charge in [0.1, 0.15) is 11.6 Å². The van der Waals surface area contributed by atoms with Crippen LogP contribution in [-0.2, 0) is 6.54 Å². The molecule has 104 valence electrons. The van der Waals surface area contributed by atoms with Crippen LogP contribution in [0.2, 0.25) is 0 Å². The third kappa shape index (κ3) is 2.99. The van der Waals surface area contributed by atoms with Gasteiger partial charge in [0.05, 0.1) is 7.11 Å². The lowest BCUT2D eigenvalue weighted by Gasteiger charge is -2.09. The molecule has 3 rings (SSSR count). The highest BCUT2D eigenvalue weighted by atomic mass is 19.1. The standard InChI is InChI=1S/C17H18FNO/c1-20-16-4-2-3-12(10-16)13-5-8-17(18)14(9-13)11-19-15-6-7-15/h2-5,8-10,15,19H,6-7,11H2,1H3. The van der Waals surface area contributed by atoms with Gasteiger partial charge >= 0.3 is 0 Å². The molecule has 1 fully saturated rings. The van der Waals surface area contributed by atoms with Crippen molar-refractivity contribution in [3.8, 4) is 16.9 Å². The van der Waals surface area contributed by atoms with Gasteiger partial charge in [-0.2, -0.15) is 0 Å². The summed E-state index contributed by atoms with van der Waals surface area (Å²) in [4.78, 5) is 0. The first-order valence-corrected chi connectivity index (χ1v) is 6.92. The predicted octanol–water partition coefficient (Wildman–Crippen LogP) is 3.75. The molecule has 0 saturated heterocycles. The molecular weight excluding hydrogens is 253 g/mol. The average Bonchev–Trinajstić information content (AvgIpc) is 3.31. The quantitative estimate of drug-likeness (QED) is 0.894. The highest BCUT2D eigenvalue weighted by Crippen LogP contribution is 2.26. The van der Waals surface area contributed by atoms with E-state index in [0.29, 0.717) is 12.6 Å². The van der Waals surface area contributed by atoms with Gasteiger partial charge in [-0.25, -0.2) is 4.39 Å². The van der Waals surface area contributed by atoms with Gasteiger partial charge in [-0.3, -0.25) is 0 Å². The van der Waals surface area contributed by atoms with Crippen LogP contribution in [0.1, 0.15) is 18.4 Å². The lowest BCUT2D eigenvalue weighted by Crippen LogP contribution is -2.16. The van der Waals surface area contributed by atoms with E-state index >= 15 is 0 Å². The second kappa shape index (κ2) is 5.63. The fraction of sp³-hybridized carbons (Fsp3) is 0.294. The van der Waals surface area contributed by atoms with E-state index < -0.39 is 0 Å². The molecule has 1 aliphatic carbocycles. The Morgan fingerprint density at radius 1 is 1.15 bits per heavy atom. The topological polar surface area (TPSA) is 21.3 Å². The minimum Gasteiger partial charge on any atom is -0.497 e. The van der Waals surface area contributed by atoms with Gasteiger partial charge in [0, 0.05) is 18.2 Å². The molecule has 0 heterocycles. The van der Waals surface area contributed by atoms with E-state index in [0.717, 1.165) is 22.4 Å². The zero-order valence-electron chi connectivity index (χ0n) is 11.5. The molecule has 20 heavy (non-hydrogen) atoms. The van der Waals surface area contributed by atoms with Crippen LogP contribution in [0.25, 0.3) is 11.1 Å². The molecule has 2 aromatic carbocycles.